The van der Waals surface area contributed by atoms with E-state index in [4.69, 9.17) is 5.73 Å². The Morgan fingerprint density at radius 3 is 2.82 bits per heavy atom. The van der Waals surface area contributed by atoms with Gasteiger partial charge in [-0.05, 0) is 55.5 Å². The number of fused-ring (bicyclic) bond motifs is 1. The normalized spacial score (nSPS) is 24.9. The molecule has 1 aromatic rings. The summed E-state index contributed by atoms with van der Waals surface area (Å²) in [5, 5.41) is 0. The van der Waals surface area contributed by atoms with Gasteiger partial charge < -0.3 is 5.73 Å². The van der Waals surface area contributed by atoms with Crippen LogP contribution in [0.15, 0.2) is 18.2 Å². The standard InChI is InChI=1S/C15H22N2/c16-15-7-5-13-10-12(4-6-14(13)15)11-17-8-2-1-3-9-17/h4,6,10,15H,1-3,5,7-9,11,16H2. The molecule has 0 radical (unpaired) electrons. The molecule has 0 saturated carbocycles. The summed E-state index contributed by atoms with van der Waals surface area (Å²) in [6.07, 6.45) is 6.45. The monoisotopic (exact) mass is 230 g/mol. The summed E-state index contributed by atoms with van der Waals surface area (Å²) in [4.78, 5) is 2.58. The van der Waals surface area contributed by atoms with Crippen molar-refractivity contribution >= 4 is 0 Å². The number of piperidine rings is 1. The molecule has 1 fully saturated rings. The highest BCUT2D eigenvalue weighted by molar-refractivity contribution is 5.37. The average molecular weight is 230 g/mol. The SMILES string of the molecule is NC1CCc2cc(CN3CCCCC3)ccc21. The third-order valence-corrected chi connectivity index (χ3v) is 4.19. The molecule has 1 heterocycles. The number of likely N-dealkylation sites (tertiary alicyclic amines) is 1. The lowest BCUT2D eigenvalue weighted by atomic mass is 10.0. The van der Waals surface area contributed by atoms with E-state index in [2.05, 4.69) is 23.1 Å². The Morgan fingerprint density at radius 1 is 1.18 bits per heavy atom. The largest absolute Gasteiger partial charge is 0.324 e. The van der Waals surface area contributed by atoms with Crippen LogP contribution >= 0.6 is 0 Å². The fourth-order valence-corrected chi connectivity index (χ4v) is 3.18. The molecule has 1 aliphatic carbocycles. The van der Waals surface area contributed by atoms with Crippen LogP contribution in [0.4, 0.5) is 0 Å². The van der Waals surface area contributed by atoms with Gasteiger partial charge in [0, 0.05) is 12.6 Å². The Morgan fingerprint density at radius 2 is 2.00 bits per heavy atom. The second kappa shape index (κ2) is 4.79. The van der Waals surface area contributed by atoms with Crippen LogP contribution in [-0.2, 0) is 13.0 Å². The maximum Gasteiger partial charge on any atom is 0.0300 e. The van der Waals surface area contributed by atoms with Crippen LogP contribution < -0.4 is 5.73 Å². The van der Waals surface area contributed by atoms with E-state index < -0.39 is 0 Å². The van der Waals surface area contributed by atoms with Crippen molar-refractivity contribution in [2.45, 2.75) is 44.7 Å². The lowest BCUT2D eigenvalue weighted by Gasteiger charge is -2.26. The van der Waals surface area contributed by atoms with E-state index >= 15 is 0 Å². The first-order chi connectivity index (χ1) is 8.33. The van der Waals surface area contributed by atoms with Crippen molar-refractivity contribution in [3.63, 3.8) is 0 Å². The molecule has 92 valence electrons. The molecule has 1 unspecified atom stereocenters. The summed E-state index contributed by atoms with van der Waals surface area (Å²) in [6.45, 7) is 3.68. The van der Waals surface area contributed by atoms with Gasteiger partial charge in [0.25, 0.3) is 0 Å². The van der Waals surface area contributed by atoms with Gasteiger partial charge in [0.1, 0.15) is 0 Å². The summed E-state index contributed by atoms with van der Waals surface area (Å²) < 4.78 is 0. The fourth-order valence-electron chi connectivity index (χ4n) is 3.18. The number of aryl methyl sites for hydroxylation is 1. The molecule has 2 aliphatic rings. The quantitative estimate of drug-likeness (QED) is 0.846. The number of hydrogen-bond donors (Lipinski definition) is 1. The zero-order chi connectivity index (χ0) is 11.7. The van der Waals surface area contributed by atoms with Crippen LogP contribution in [0.25, 0.3) is 0 Å². The van der Waals surface area contributed by atoms with Gasteiger partial charge in [-0.25, -0.2) is 0 Å². The summed E-state index contributed by atoms with van der Waals surface area (Å²) in [5.74, 6) is 0. The third-order valence-electron chi connectivity index (χ3n) is 4.19. The zero-order valence-corrected chi connectivity index (χ0v) is 10.5. The molecular weight excluding hydrogens is 208 g/mol. The average Bonchev–Trinajstić information content (AvgIpc) is 2.72. The van der Waals surface area contributed by atoms with Crippen molar-refractivity contribution in [2.24, 2.45) is 5.73 Å². The van der Waals surface area contributed by atoms with Gasteiger partial charge in [0.05, 0.1) is 0 Å². The van der Waals surface area contributed by atoms with E-state index in [1.807, 2.05) is 0 Å². The lowest BCUT2D eigenvalue weighted by molar-refractivity contribution is 0.221. The van der Waals surface area contributed by atoms with Gasteiger partial charge in [-0.1, -0.05) is 24.6 Å². The summed E-state index contributed by atoms with van der Waals surface area (Å²) in [5.41, 5.74) is 10.4. The van der Waals surface area contributed by atoms with E-state index in [1.54, 1.807) is 0 Å². The van der Waals surface area contributed by atoms with Crippen LogP contribution in [0, 0.1) is 0 Å². The predicted molar refractivity (Wildman–Crippen MR) is 70.8 cm³/mol. The van der Waals surface area contributed by atoms with E-state index in [-0.39, 0.29) is 6.04 Å². The minimum Gasteiger partial charge on any atom is -0.324 e. The van der Waals surface area contributed by atoms with Crippen LogP contribution in [0.1, 0.15) is 48.4 Å². The Labute approximate surface area is 104 Å². The number of rotatable bonds is 2. The molecule has 17 heavy (non-hydrogen) atoms. The van der Waals surface area contributed by atoms with Crippen molar-refractivity contribution in [3.05, 3.63) is 34.9 Å². The number of hydrogen-bond acceptors (Lipinski definition) is 2. The molecule has 0 spiro atoms. The zero-order valence-electron chi connectivity index (χ0n) is 10.5. The number of benzene rings is 1. The lowest BCUT2D eigenvalue weighted by Crippen LogP contribution is -2.29. The molecule has 2 heteroatoms. The maximum atomic E-state index is 6.07. The summed E-state index contributed by atoms with van der Waals surface area (Å²) in [7, 11) is 0. The summed E-state index contributed by atoms with van der Waals surface area (Å²) >= 11 is 0. The van der Waals surface area contributed by atoms with Crippen molar-refractivity contribution in [2.75, 3.05) is 13.1 Å². The van der Waals surface area contributed by atoms with Crippen LogP contribution in [0.3, 0.4) is 0 Å². The first-order valence-corrected chi connectivity index (χ1v) is 6.92. The molecule has 0 amide bonds. The minimum absolute atomic E-state index is 0.286. The van der Waals surface area contributed by atoms with Gasteiger partial charge in [-0.2, -0.15) is 0 Å². The first kappa shape index (κ1) is 11.2. The van der Waals surface area contributed by atoms with Crippen molar-refractivity contribution in [1.82, 2.24) is 4.90 Å². The van der Waals surface area contributed by atoms with E-state index in [9.17, 15) is 0 Å². The Hall–Kier alpha value is -0.860. The van der Waals surface area contributed by atoms with Gasteiger partial charge in [-0.15, -0.1) is 0 Å². The van der Waals surface area contributed by atoms with Gasteiger partial charge in [0.2, 0.25) is 0 Å². The molecule has 0 bridgehead atoms. The molecule has 3 rings (SSSR count). The topological polar surface area (TPSA) is 29.3 Å². The van der Waals surface area contributed by atoms with Crippen molar-refractivity contribution in [1.29, 1.82) is 0 Å². The molecule has 0 aromatic heterocycles. The Kier molecular flexibility index (Phi) is 3.17. The van der Waals surface area contributed by atoms with Crippen LogP contribution in [0.5, 0.6) is 0 Å². The molecule has 1 saturated heterocycles. The van der Waals surface area contributed by atoms with Gasteiger partial charge >= 0.3 is 0 Å². The Bertz CT molecular complexity index is 394. The first-order valence-electron chi connectivity index (χ1n) is 6.92. The van der Waals surface area contributed by atoms with E-state index in [0.717, 1.165) is 13.0 Å². The van der Waals surface area contributed by atoms with Gasteiger partial charge in [-0.3, -0.25) is 4.90 Å². The second-order valence-corrected chi connectivity index (χ2v) is 5.52. The molecule has 2 N–H and O–H groups in total. The highest BCUT2D eigenvalue weighted by atomic mass is 15.1. The highest BCUT2D eigenvalue weighted by Crippen LogP contribution is 2.30. The third kappa shape index (κ3) is 2.38. The van der Waals surface area contributed by atoms with Crippen molar-refractivity contribution < 1.29 is 0 Å². The minimum atomic E-state index is 0.286. The molecule has 1 aromatic carbocycles. The number of nitrogens with two attached hydrogens (primary N) is 1. The molecule has 1 atom stereocenters. The fraction of sp³-hybridized carbons (Fsp3) is 0.600. The van der Waals surface area contributed by atoms with Crippen LogP contribution in [0.2, 0.25) is 0 Å². The highest BCUT2D eigenvalue weighted by Gasteiger charge is 2.19. The Balaban J connectivity index is 1.71. The molecule has 2 nitrogen and oxygen atoms in total. The van der Waals surface area contributed by atoms with Gasteiger partial charge in [0.15, 0.2) is 0 Å². The predicted octanol–water partition coefficient (Wildman–Crippen LogP) is 2.62. The van der Waals surface area contributed by atoms with E-state index in [1.165, 1.54) is 55.5 Å². The smallest absolute Gasteiger partial charge is 0.0300 e. The van der Waals surface area contributed by atoms with E-state index in [0.29, 0.717) is 0 Å². The number of nitrogens with zero attached hydrogens (tertiary/aromatic N) is 1. The van der Waals surface area contributed by atoms with Crippen LogP contribution in [-0.4, -0.2) is 18.0 Å². The second-order valence-electron chi connectivity index (χ2n) is 5.52. The maximum absolute atomic E-state index is 6.07. The van der Waals surface area contributed by atoms with Crippen molar-refractivity contribution in [3.8, 4) is 0 Å². The summed E-state index contributed by atoms with van der Waals surface area (Å²) in [6, 6.07) is 7.20. The molecular formula is C15H22N2. The molecule has 1 aliphatic heterocycles.